The van der Waals surface area contributed by atoms with Crippen LogP contribution in [0.2, 0.25) is 4.34 Å². The minimum absolute atomic E-state index is 0.390. The van der Waals surface area contributed by atoms with Crippen LogP contribution in [0, 0.1) is 5.92 Å². The minimum atomic E-state index is 0.390. The molecule has 1 heterocycles. The number of hydrogen-bond donors (Lipinski definition) is 1. The molecule has 0 spiro atoms. The van der Waals surface area contributed by atoms with Crippen LogP contribution in [0.15, 0.2) is 36.4 Å². The van der Waals surface area contributed by atoms with Gasteiger partial charge in [0.15, 0.2) is 0 Å². The van der Waals surface area contributed by atoms with Gasteiger partial charge in [0, 0.05) is 17.0 Å². The average molecular weight is 320 g/mol. The van der Waals surface area contributed by atoms with Gasteiger partial charge in [-0.05, 0) is 42.4 Å². The maximum absolute atomic E-state index is 6.22. The molecule has 1 aliphatic rings. The fourth-order valence-electron chi connectivity index (χ4n) is 3.25. The van der Waals surface area contributed by atoms with Crippen LogP contribution in [0.25, 0.3) is 0 Å². The molecule has 0 fully saturated rings. The quantitative estimate of drug-likeness (QED) is 0.754. The Bertz CT molecular complexity index is 591. The van der Waals surface area contributed by atoms with Gasteiger partial charge in [0.1, 0.15) is 0 Å². The lowest BCUT2D eigenvalue weighted by molar-refractivity contribution is 0.340. The SMILES string of the molecule is CC(C)C(NC1CCCc2sc(Cl)cc21)c1ccccc1. The highest BCUT2D eigenvalue weighted by atomic mass is 35.5. The van der Waals surface area contributed by atoms with Gasteiger partial charge in [-0.25, -0.2) is 0 Å². The first-order valence-corrected chi connectivity index (χ1v) is 8.93. The van der Waals surface area contributed by atoms with Crippen molar-refractivity contribution in [2.45, 2.75) is 45.2 Å². The summed E-state index contributed by atoms with van der Waals surface area (Å²) >= 11 is 7.97. The molecule has 1 N–H and O–H groups in total. The van der Waals surface area contributed by atoms with E-state index in [2.05, 4.69) is 55.6 Å². The van der Waals surface area contributed by atoms with Crippen LogP contribution in [0.3, 0.4) is 0 Å². The molecule has 1 aliphatic carbocycles. The summed E-state index contributed by atoms with van der Waals surface area (Å²) in [6.45, 7) is 4.57. The van der Waals surface area contributed by atoms with E-state index in [1.807, 2.05) is 0 Å². The first-order valence-electron chi connectivity index (χ1n) is 7.74. The number of benzene rings is 1. The highest BCUT2D eigenvalue weighted by molar-refractivity contribution is 7.16. The van der Waals surface area contributed by atoms with Gasteiger partial charge in [0.25, 0.3) is 0 Å². The summed E-state index contributed by atoms with van der Waals surface area (Å²) in [5.74, 6) is 0.562. The molecule has 3 rings (SSSR count). The fourth-order valence-corrected chi connectivity index (χ4v) is 4.63. The molecule has 2 aromatic rings. The van der Waals surface area contributed by atoms with E-state index in [-0.39, 0.29) is 0 Å². The summed E-state index contributed by atoms with van der Waals surface area (Å²) in [4.78, 5) is 1.47. The van der Waals surface area contributed by atoms with Gasteiger partial charge in [-0.2, -0.15) is 0 Å². The van der Waals surface area contributed by atoms with Gasteiger partial charge < -0.3 is 5.32 Å². The summed E-state index contributed by atoms with van der Waals surface area (Å²) in [7, 11) is 0. The van der Waals surface area contributed by atoms with Gasteiger partial charge >= 0.3 is 0 Å². The normalized spacial score (nSPS) is 19.5. The molecule has 112 valence electrons. The lowest BCUT2D eigenvalue weighted by atomic mass is 9.90. The summed E-state index contributed by atoms with van der Waals surface area (Å²) < 4.78 is 0.925. The zero-order chi connectivity index (χ0) is 14.8. The summed E-state index contributed by atoms with van der Waals surface area (Å²) in [5, 5.41) is 3.89. The zero-order valence-electron chi connectivity index (χ0n) is 12.6. The van der Waals surface area contributed by atoms with Gasteiger partial charge in [-0.15, -0.1) is 11.3 Å². The molecule has 0 saturated carbocycles. The Kier molecular flexibility index (Phi) is 4.68. The van der Waals surface area contributed by atoms with E-state index < -0.39 is 0 Å². The van der Waals surface area contributed by atoms with Crippen molar-refractivity contribution in [3.8, 4) is 0 Å². The van der Waals surface area contributed by atoms with Gasteiger partial charge in [-0.1, -0.05) is 55.8 Å². The molecular formula is C18H22ClNS. The first kappa shape index (κ1) is 15.1. The smallest absolute Gasteiger partial charge is 0.0934 e. The molecule has 0 bridgehead atoms. The molecule has 0 amide bonds. The standard InChI is InChI=1S/C18H22ClNS/c1-12(2)18(13-7-4-3-5-8-13)20-15-9-6-10-16-14(15)11-17(19)21-16/h3-5,7-8,11-12,15,18,20H,6,9-10H2,1-2H3. The second-order valence-corrected chi connectivity index (χ2v) is 7.94. The Hall–Kier alpha value is -0.830. The third kappa shape index (κ3) is 3.33. The number of halogens is 1. The van der Waals surface area contributed by atoms with Crippen LogP contribution in [0.1, 0.15) is 54.8 Å². The van der Waals surface area contributed by atoms with Crippen LogP contribution in [0.4, 0.5) is 0 Å². The third-order valence-corrected chi connectivity index (χ3v) is 5.63. The molecule has 3 heteroatoms. The monoisotopic (exact) mass is 319 g/mol. The van der Waals surface area contributed by atoms with Crippen molar-refractivity contribution in [1.29, 1.82) is 0 Å². The Balaban J connectivity index is 1.84. The maximum Gasteiger partial charge on any atom is 0.0934 e. The molecular weight excluding hydrogens is 298 g/mol. The van der Waals surface area contributed by atoms with Crippen LogP contribution in [-0.2, 0) is 6.42 Å². The van der Waals surface area contributed by atoms with Crippen molar-refractivity contribution in [2.24, 2.45) is 5.92 Å². The Morgan fingerprint density at radius 2 is 2.00 bits per heavy atom. The molecule has 2 atom stereocenters. The van der Waals surface area contributed by atoms with E-state index in [4.69, 9.17) is 11.6 Å². The van der Waals surface area contributed by atoms with Crippen molar-refractivity contribution in [1.82, 2.24) is 5.32 Å². The highest BCUT2D eigenvalue weighted by Gasteiger charge is 2.26. The summed E-state index contributed by atoms with van der Waals surface area (Å²) in [6.07, 6.45) is 3.64. The van der Waals surface area contributed by atoms with E-state index in [1.165, 1.54) is 35.3 Å². The molecule has 1 aromatic carbocycles. The van der Waals surface area contributed by atoms with Gasteiger partial charge in [0.2, 0.25) is 0 Å². The third-order valence-electron chi connectivity index (χ3n) is 4.29. The average Bonchev–Trinajstić information content (AvgIpc) is 2.86. The number of aryl methyl sites for hydroxylation is 1. The Morgan fingerprint density at radius 3 is 2.71 bits per heavy atom. The maximum atomic E-state index is 6.22. The highest BCUT2D eigenvalue weighted by Crippen LogP contribution is 2.39. The van der Waals surface area contributed by atoms with Crippen molar-refractivity contribution in [3.05, 3.63) is 56.7 Å². The Morgan fingerprint density at radius 1 is 1.24 bits per heavy atom. The predicted molar refractivity (Wildman–Crippen MR) is 92.2 cm³/mol. The van der Waals surface area contributed by atoms with E-state index in [1.54, 1.807) is 11.3 Å². The molecule has 0 saturated heterocycles. The number of thiophene rings is 1. The largest absolute Gasteiger partial charge is 0.303 e. The molecule has 2 unspecified atom stereocenters. The summed E-state index contributed by atoms with van der Waals surface area (Å²) in [6, 6.07) is 13.8. The van der Waals surface area contributed by atoms with Crippen molar-refractivity contribution >= 4 is 22.9 Å². The number of rotatable bonds is 4. The number of hydrogen-bond acceptors (Lipinski definition) is 2. The van der Waals surface area contributed by atoms with Crippen LogP contribution >= 0.6 is 22.9 Å². The van der Waals surface area contributed by atoms with Gasteiger partial charge in [0.05, 0.1) is 4.34 Å². The molecule has 1 aromatic heterocycles. The molecule has 0 radical (unpaired) electrons. The summed E-state index contributed by atoms with van der Waals surface area (Å²) in [5.41, 5.74) is 2.80. The Labute approximate surface area is 136 Å². The number of nitrogens with one attached hydrogen (secondary N) is 1. The van der Waals surface area contributed by atoms with E-state index >= 15 is 0 Å². The van der Waals surface area contributed by atoms with Crippen molar-refractivity contribution in [3.63, 3.8) is 0 Å². The lowest BCUT2D eigenvalue weighted by Gasteiger charge is -2.31. The minimum Gasteiger partial charge on any atom is -0.303 e. The molecule has 1 nitrogen and oxygen atoms in total. The number of fused-ring (bicyclic) bond motifs is 1. The van der Waals surface area contributed by atoms with Crippen molar-refractivity contribution in [2.75, 3.05) is 0 Å². The fraction of sp³-hybridized carbons (Fsp3) is 0.444. The lowest BCUT2D eigenvalue weighted by Crippen LogP contribution is -2.31. The molecule has 21 heavy (non-hydrogen) atoms. The first-order chi connectivity index (χ1) is 10.1. The second-order valence-electron chi connectivity index (χ2n) is 6.17. The van der Waals surface area contributed by atoms with Crippen LogP contribution in [-0.4, -0.2) is 0 Å². The van der Waals surface area contributed by atoms with Crippen molar-refractivity contribution < 1.29 is 0 Å². The van der Waals surface area contributed by atoms with E-state index in [0.29, 0.717) is 18.0 Å². The topological polar surface area (TPSA) is 12.0 Å². The predicted octanol–water partition coefficient (Wildman–Crippen LogP) is 5.77. The second kappa shape index (κ2) is 6.51. The van der Waals surface area contributed by atoms with Crippen LogP contribution < -0.4 is 5.32 Å². The van der Waals surface area contributed by atoms with Crippen LogP contribution in [0.5, 0.6) is 0 Å². The van der Waals surface area contributed by atoms with Gasteiger partial charge in [-0.3, -0.25) is 0 Å². The van der Waals surface area contributed by atoms with E-state index in [9.17, 15) is 0 Å². The zero-order valence-corrected chi connectivity index (χ0v) is 14.2. The van der Waals surface area contributed by atoms with E-state index in [0.717, 1.165) is 4.34 Å². The molecule has 0 aliphatic heterocycles.